The van der Waals surface area contributed by atoms with Gasteiger partial charge in [-0.25, -0.2) is 0 Å². The van der Waals surface area contributed by atoms with E-state index in [2.05, 4.69) is 16.0 Å². The molecule has 3 nitrogen and oxygen atoms in total. The third-order valence-corrected chi connectivity index (χ3v) is 3.16. The Labute approximate surface area is 87.5 Å². The number of hydrogen-bond acceptors (Lipinski definition) is 3. The predicted molar refractivity (Wildman–Crippen MR) is 57.2 cm³/mol. The molecule has 0 spiro atoms. The van der Waals surface area contributed by atoms with Gasteiger partial charge in [-0.1, -0.05) is 0 Å². The molecule has 1 amide bonds. The normalized spacial score (nSPS) is 21.0. The zero-order valence-electron chi connectivity index (χ0n) is 7.95. The van der Waals surface area contributed by atoms with Crippen LogP contribution in [0.3, 0.4) is 0 Å². The van der Waals surface area contributed by atoms with Crippen LogP contribution in [0.4, 0.5) is 0 Å². The van der Waals surface area contributed by atoms with Gasteiger partial charge in [0.1, 0.15) is 0 Å². The summed E-state index contributed by atoms with van der Waals surface area (Å²) in [5.41, 5.74) is 1.18. The molecule has 14 heavy (non-hydrogen) atoms. The van der Waals surface area contributed by atoms with Gasteiger partial charge in [-0.15, -0.1) is 0 Å². The molecule has 2 heterocycles. The van der Waals surface area contributed by atoms with Crippen molar-refractivity contribution >= 4 is 17.2 Å². The Morgan fingerprint density at radius 1 is 1.71 bits per heavy atom. The SMILES string of the molecule is O=C(NCc1ccsc1)C1CCCN1. The number of nitrogens with one attached hydrogen (secondary N) is 2. The second kappa shape index (κ2) is 4.57. The minimum Gasteiger partial charge on any atom is -0.351 e. The lowest BCUT2D eigenvalue weighted by Gasteiger charge is -2.09. The monoisotopic (exact) mass is 210 g/mol. The molecule has 1 aromatic rings. The van der Waals surface area contributed by atoms with Crippen LogP contribution in [0, 0.1) is 0 Å². The van der Waals surface area contributed by atoms with Crippen molar-refractivity contribution in [2.24, 2.45) is 0 Å². The van der Waals surface area contributed by atoms with Crippen LogP contribution in [-0.4, -0.2) is 18.5 Å². The molecule has 0 aliphatic carbocycles. The van der Waals surface area contributed by atoms with E-state index in [0.717, 1.165) is 19.4 Å². The van der Waals surface area contributed by atoms with Gasteiger partial charge in [0, 0.05) is 6.54 Å². The van der Waals surface area contributed by atoms with Crippen molar-refractivity contribution in [1.29, 1.82) is 0 Å². The van der Waals surface area contributed by atoms with Crippen molar-refractivity contribution in [1.82, 2.24) is 10.6 Å². The number of hydrogen-bond donors (Lipinski definition) is 2. The molecule has 4 heteroatoms. The van der Waals surface area contributed by atoms with Crippen LogP contribution in [-0.2, 0) is 11.3 Å². The molecule has 2 rings (SSSR count). The Morgan fingerprint density at radius 3 is 3.29 bits per heavy atom. The molecule has 1 aliphatic heterocycles. The second-order valence-corrected chi connectivity index (χ2v) is 4.28. The lowest BCUT2D eigenvalue weighted by Crippen LogP contribution is -2.39. The molecule has 1 unspecified atom stereocenters. The minimum absolute atomic E-state index is 0.0358. The van der Waals surface area contributed by atoms with Crippen molar-refractivity contribution in [3.63, 3.8) is 0 Å². The highest BCUT2D eigenvalue weighted by atomic mass is 32.1. The van der Waals surface area contributed by atoms with Crippen molar-refractivity contribution < 1.29 is 4.79 Å². The summed E-state index contributed by atoms with van der Waals surface area (Å²) in [4.78, 5) is 11.6. The summed E-state index contributed by atoms with van der Waals surface area (Å²) in [7, 11) is 0. The second-order valence-electron chi connectivity index (χ2n) is 3.50. The minimum atomic E-state index is 0.0358. The maximum Gasteiger partial charge on any atom is 0.237 e. The topological polar surface area (TPSA) is 41.1 Å². The summed E-state index contributed by atoms with van der Waals surface area (Å²) in [6, 6.07) is 2.07. The van der Waals surface area contributed by atoms with Gasteiger partial charge in [0.05, 0.1) is 6.04 Å². The first-order valence-corrected chi connectivity index (χ1v) is 5.83. The van der Waals surface area contributed by atoms with Gasteiger partial charge >= 0.3 is 0 Å². The summed E-state index contributed by atoms with van der Waals surface area (Å²) >= 11 is 1.66. The first-order valence-electron chi connectivity index (χ1n) is 4.88. The molecular formula is C10H14N2OS. The van der Waals surface area contributed by atoms with E-state index in [1.165, 1.54) is 5.56 Å². The van der Waals surface area contributed by atoms with Gasteiger partial charge in [-0.05, 0) is 41.8 Å². The quantitative estimate of drug-likeness (QED) is 0.785. The van der Waals surface area contributed by atoms with E-state index in [1.807, 2.05) is 11.4 Å². The molecule has 1 atom stereocenters. The van der Waals surface area contributed by atoms with E-state index in [-0.39, 0.29) is 11.9 Å². The van der Waals surface area contributed by atoms with Gasteiger partial charge in [0.15, 0.2) is 0 Å². The van der Waals surface area contributed by atoms with Gasteiger partial charge in [-0.2, -0.15) is 11.3 Å². The standard InChI is InChI=1S/C10H14N2OS/c13-10(9-2-1-4-11-9)12-6-8-3-5-14-7-8/h3,5,7,9,11H,1-2,4,6H2,(H,12,13). The zero-order valence-corrected chi connectivity index (χ0v) is 8.77. The number of carbonyl (C=O) groups is 1. The van der Waals surface area contributed by atoms with E-state index in [4.69, 9.17) is 0 Å². The number of rotatable bonds is 3. The highest BCUT2D eigenvalue weighted by Crippen LogP contribution is 2.07. The molecule has 0 aromatic carbocycles. The molecule has 76 valence electrons. The van der Waals surface area contributed by atoms with E-state index in [1.54, 1.807) is 11.3 Å². The number of thiophene rings is 1. The average molecular weight is 210 g/mol. The van der Waals surface area contributed by atoms with Gasteiger partial charge in [-0.3, -0.25) is 4.79 Å². The van der Waals surface area contributed by atoms with Crippen LogP contribution < -0.4 is 10.6 Å². The summed E-state index contributed by atoms with van der Waals surface area (Å²) in [5.74, 6) is 0.133. The average Bonchev–Trinajstić information content (AvgIpc) is 2.87. The molecule has 1 aromatic heterocycles. The molecule has 1 aliphatic rings. The van der Waals surface area contributed by atoms with Crippen LogP contribution in [0.5, 0.6) is 0 Å². The Kier molecular flexibility index (Phi) is 3.16. The molecule has 0 radical (unpaired) electrons. The first kappa shape index (κ1) is 9.68. The zero-order chi connectivity index (χ0) is 9.80. The highest BCUT2D eigenvalue weighted by Gasteiger charge is 2.21. The smallest absolute Gasteiger partial charge is 0.237 e. The maximum atomic E-state index is 11.6. The Morgan fingerprint density at radius 2 is 2.64 bits per heavy atom. The van der Waals surface area contributed by atoms with Crippen LogP contribution >= 0.6 is 11.3 Å². The van der Waals surface area contributed by atoms with Crippen LogP contribution in [0.2, 0.25) is 0 Å². The largest absolute Gasteiger partial charge is 0.351 e. The van der Waals surface area contributed by atoms with E-state index in [9.17, 15) is 4.79 Å². The number of amides is 1. The molecule has 0 saturated carbocycles. The predicted octanol–water partition coefficient (Wildman–Crippen LogP) is 1.12. The molecule has 1 fully saturated rings. The fraction of sp³-hybridized carbons (Fsp3) is 0.500. The van der Waals surface area contributed by atoms with Gasteiger partial charge in [0.2, 0.25) is 5.91 Å². The molecule has 2 N–H and O–H groups in total. The molecule has 1 saturated heterocycles. The van der Waals surface area contributed by atoms with Crippen LogP contribution in [0.25, 0.3) is 0 Å². The Bertz CT molecular complexity index is 291. The van der Waals surface area contributed by atoms with E-state index in [0.29, 0.717) is 6.54 Å². The lowest BCUT2D eigenvalue weighted by molar-refractivity contribution is -0.122. The van der Waals surface area contributed by atoms with Crippen molar-refractivity contribution in [3.8, 4) is 0 Å². The Balaban J connectivity index is 1.77. The summed E-state index contributed by atoms with van der Waals surface area (Å²) in [5, 5.41) is 10.2. The van der Waals surface area contributed by atoms with E-state index >= 15 is 0 Å². The van der Waals surface area contributed by atoms with Crippen molar-refractivity contribution in [2.75, 3.05) is 6.54 Å². The molecular weight excluding hydrogens is 196 g/mol. The third kappa shape index (κ3) is 2.33. The van der Waals surface area contributed by atoms with Gasteiger partial charge in [0.25, 0.3) is 0 Å². The molecule has 0 bridgehead atoms. The Hall–Kier alpha value is -0.870. The van der Waals surface area contributed by atoms with Crippen molar-refractivity contribution in [3.05, 3.63) is 22.4 Å². The third-order valence-electron chi connectivity index (χ3n) is 2.42. The number of carbonyl (C=O) groups excluding carboxylic acids is 1. The highest BCUT2D eigenvalue weighted by molar-refractivity contribution is 7.07. The summed E-state index contributed by atoms with van der Waals surface area (Å²) in [6.45, 7) is 1.62. The summed E-state index contributed by atoms with van der Waals surface area (Å²) < 4.78 is 0. The van der Waals surface area contributed by atoms with Crippen LogP contribution in [0.1, 0.15) is 18.4 Å². The maximum absolute atomic E-state index is 11.6. The fourth-order valence-corrected chi connectivity index (χ4v) is 2.28. The lowest BCUT2D eigenvalue weighted by atomic mass is 10.2. The fourth-order valence-electron chi connectivity index (χ4n) is 1.61. The van der Waals surface area contributed by atoms with Gasteiger partial charge < -0.3 is 10.6 Å². The van der Waals surface area contributed by atoms with E-state index < -0.39 is 0 Å². The van der Waals surface area contributed by atoms with Crippen LogP contribution in [0.15, 0.2) is 16.8 Å². The summed E-state index contributed by atoms with van der Waals surface area (Å²) in [6.07, 6.45) is 2.08. The first-order chi connectivity index (χ1) is 6.86. The van der Waals surface area contributed by atoms with Crippen molar-refractivity contribution in [2.45, 2.75) is 25.4 Å².